The number of aromatic nitrogens is 2. The van der Waals surface area contributed by atoms with Crippen molar-refractivity contribution in [3.05, 3.63) is 71.4 Å². The molecule has 5 heteroatoms. The van der Waals surface area contributed by atoms with Gasteiger partial charge in [0.1, 0.15) is 11.6 Å². The zero-order valence-electron chi connectivity index (χ0n) is 15.0. The quantitative estimate of drug-likeness (QED) is 0.482. The molecule has 4 rings (SSSR count). The van der Waals surface area contributed by atoms with Crippen LogP contribution in [0.2, 0.25) is 0 Å². The molecule has 0 radical (unpaired) electrons. The zero-order chi connectivity index (χ0) is 17.9. The molecule has 3 aromatic rings. The van der Waals surface area contributed by atoms with Gasteiger partial charge in [0, 0.05) is 35.3 Å². The summed E-state index contributed by atoms with van der Waals surface area (Å²) in [5.41, 5.74) is 4.72. The van der Waals surface area contributed by atoms with Crippen molar-refractivity contribution in [2.75, 3.05) is 18.6 Å². The molecule has 1 aliphatic rings. The lowest BCUT2D eigenvalue weighted by atomic mass is 10.2. The largest absolute Gasteiger partial charge is 0.497 e. The van der Waals surface area contributed by atoms with Crippen molar-refractivity contribution >= 4 is 23.3 Å². The van der Waals surface area contributed by atoms with Gasteiger partial charge in [-0.2, -0.15) is 0 Å². The van der Waals surface area contributed by atoms with E-state index in [9.17, 15) is 0 Å². The van der Waals surface area contributed by atoms with Gasteiger partial charge >= 0.3 is 0 Å². The lowest BCUT2D eigenvalue weighted by Crippen LogP contribution is -2.14. The fraction of sp³-hybridized carbons (Fsp3) is 0.238. The van der Waals surface area contributed by atoms with Gasteiger partial charge in [0.05, 0.1) is 7.11 Å². The minimum Gasteiger partial charge on any atom is -0.497 e. The molecule has 0 bridgehead atoms. The number of nitrogens with zero attached hydrogens (tertiary/aromatic N) is 3. The maximum Gasteiger partial charge on any atom is 0.190 e. The molecule has 0 fully saturated rings. The summed E-state index contributed by atoms with van der Waals surface area (Å²) in [6.45, 7) is 3.01. The molecular weight excluding hydrogens is 342 g/mol. The van der Waals surface area contributed by atoms with Gasteiger partial charge in [-0.05, 0) is 31.0 Å². The molecule has 1 aliphatic heterocycles. The molecule has 132 valence electrons. The molecule has 0 amide bonds. The summed E-state index contributed by atoms with van der Waals surface area (Å²) in [7, 11) is 1.70. The Morgan fingerprint density at radius 3 is 2.73 bits per heavy atom. The first-order valence-electron chi connectivity index (χ1n) is 8.70. The average molecular weight is 363 g/mol. The highest BCUT2D eigenvalue weighted by molar-refractivity contribution is 7.98. The van der Waals surface area contributed by atoms with E-state index in [1.807, 2.05) is 18.2 Å². The van der Waals surface area contributed by atoms with Crippen LogP contribution in [0.1, 0.15) is 16.8 Å². The number of hydrogen-bond acceptors (Lipinski definition) is 5. The van der Waals surface area contributed by atoms with Crippen molar-refractivity contribution in [1.29, 1.82) is 0 Å². The summed E-state index contributed by atoms with van der Waals surface area (Å²) in [4.78, 5) is 11.9. The van der Waals surface area contributed by atoms with Gasteiger partial charge in [-0.1, -0.05) is 48.2 Å². The van der Waals surface area contributed by atoms with Crippen LogP contribution in [0.5, 0.6) is 5.75 Å². The number of thioether (sulfide) groups is 1. The predicted molar refractivity (Wildman–Crippen MR) is 106 cm³/mol. The first-order valence-corrected chi connectivity index (χ1v) is 9.69. The van der Waals surface area contributed by atoms with Gasteiger partial charge in [0.15, 0.2) is 5.16 Å². The molecule has 0 spiro atoms. The zero-order valence-corrected chi connectivity index (χ0v) is 15.8. The molecule has 26 heavy (non-hydrogen) atoms. The summed E-state index contributed by atoms with van der Waals surface area (Å²) in [5, 5.41) is 0.833. The van der Waals surface area contributed by atoms with Gasteiger partial charge in [-0.15, -0.1) is 0 Å². The van der Waals surface area contributed by atoms with Gasteiger partial charge in [0.25, 0.3) is 0 Å². The minimum absolute atomic E-state index is 0.833. The third-order valence-corrected chi connectivity index (χ3v) is 5.51. The third-order valence-electron chi connectivity index (χ3n) is 4.59. The second kappa shape index (κ2) is 7.38. The van der Waals surface area contributed by atoms with E-state index in [-0.39, 0.29) is 0 Å². The number of rotatable bonds is 5. The maximum atomic E-state index is 5.37. The topological polar surface area (TPSA) is 38.2 Å². The van der Waals surface area contributed by atoms with Gasteiger partial charge in [0.2, 0.25) is 0 Å². The minimum atomic E-state index is 0.833. The maximum absolute atomic E-state index is 5.37. The second-order valence-electron chi connectivity index (χ2n) is 6.27. The van der Waals surface area contributed by atoms with Crippen LogP contribution in [0.25, 0.3) is 0 Å². The summed E-state index contributed by atoms with van der Waals surface area (Å²) in [6.07, 6.45) is 0.974. The Labute approximate surface area is 158 Å². The standard InChI is InChI=1S/C21H21N3OS/c1-15-19-11-12-24(17-9-6-10-18(13-17)25-2)20(19)23-21(22-15)26-14-16-7-4-3-5-8-16/h3-10,13H,11-12,14H2,1-2H3. The summed E-state index contributed by atoms with van der Waals surface area (Å²) >= 11 is 1.69. The molecule has 0 saturated heterocycles. The summed E-state index contributed by atoms with van der Waals surface area (Å²) in [5.74, 6) is 2.76. The first kappa shape index (κ1) is 16.9. The van der Waals surface area contributed by atoms with Crippen LogP contribution in [-0.2, 0) is 12.2 Å². The fourth-order valence-electron chi connectivity index (χ4n) is 3.22. The van der Waals surface area contributed by atoms with Crippen LogP contribution in [0.4, 0.5) is 11.5 Å². The lowest BCUT2D eigenvalue weighted by Gasteiger charge is -2.19. The SMILES string of the molecule is COc1cccc(N2CCc3c(C)nc(SCc4ccccc4)nc32)c1. The van der Waals surface area contributed by atoms with Crippen molar-refractivity contribution in [2.45, 2.75) is 24.3 Å². The molecule has 0 N–H and O–H groups in total. The predicted octanol–water partition coefficient (Wildman–Crippen LogP) is 4.78. The normalized spacial score (nSPS) is 12.9. The van der Waals surface area contributed by atoms with Crippen LogP contribution >= 0.6 is 11.8 Å². The highest BCUT2D eigenvalue weighted by atomic mass is 32.2. The third kappa shape index (κ3) is 3.40. The Balaban J connectivity index is 1.62. The van der Waals surface area contributed by atoms with Crippen molar-refractivity contribution < 1.29 is 4.74 Å². The molecule has 2 heterocycles. The van der Waals surface area contributed by atoms with Gasteiger partial charge in [-0.3, -0.25) is 0 Å². The van der Waals surface area contributed by atoms with E-state index in [0.29, 0.717) is 0 Å². The van der Waals surface area contributed by atoms with Crippen molar-refractivity contribution in [3.8, 4) is 5.75 Å². The van der Waals surface area contributed by atoms with Crippen molar-refractivity contribution in [1.82, 2.24) is 9.97 Å². The van der Waals surface area contributed by atoms with E-state index in [2.05, 4.69) is 48.2 Å². The molecule has 0 atom stereocenters. The van der Waals surface area contributed by atoms with Gasteiger partial charge < -0.3 is 9.64 Å². The summed E-state index contributed by atoms with van der Waals surface area (Å²) < 4.78 is 5.37. The van der Waals surface area contributed by atoms with Gasteiger partial charge in [-0.25, -0.2) is 9.97 Å². The molecular formula is C21H21N3OS. The Bertz CT molecular complexity index is 914. The number of fused-ring (bicyclic) bond motifs is 1. The molecule has 1 aromatic heterocycles. The number of benzene rings is 2. The molecule has 0 saturated carbocycles. The summed E-state index contributed by atoms with van der Waals surface area (Å²) in [6, 6.07) is 18.6. The van der Waals surface area contributed by atoms with Crippen LogP contribution in [0.15, 0.2) is 59.8 Å². The highest BCUT2D eigenvalue weighted by Crippen LogP contribution is 2.36. The monoisotopic (exact) mass is 363 g/mol. The van der Waals surface area contributed by atoms with Crippen LogP contribution in [0.3, 0.4) is 0 Å². The molecule has 0 aliphatic carbocycles. The average Bonchev–Trinajstić information content (AvgIpc) is 3.12. The Morgan fingerprint density at radius 2 is 1.92 bits per heavy atom. The smallest absolute Gasteiger partial charge is 0.190 e. The Kier molecular flexibility index (Phi) is 4.80. The van der Waals surface area contributed by atoms with E-state index < -0.39 is 0 Å². The number of ether oxygens (including phenoxy) is 1. The molecule has 0 unspecified atom stereocenters. The number of aryl methyl sites for hydroxylation is 1. The Morgan fingerprint density at radius 1 is 1.08 bits per heavy atom. The van der Waals surface area contributed by atoms with E-state index in [0.717, 1.165) is 46.8 Å². The fourth-order valence-corrected chi connectivity index (χ4v) is 4.06. The molecule has 2 aromatic carbocycles. The molecule has 4 nitrogen and oxygen atoms in total. The first-order chi connectivity index (χ1) is 12.7. The van der Waals surface area contributed by atoms with Crippen LogP contribution < -0.4 is 9.64 Å². The number of anilines is 2. The van der Waals surface area contributed by atoms with Crippen molar-refractivity contribution in [3.63, 3.8) is 0 Å². The van der Waals surface area contributed by atoms with E-state index >= 15 is 0 Å². The number of hydrogen-bond donors (Lipinski definition) is 0. The lowest BCUT2D eigenvalue weighted by molar-refractivity contribution is 0.415. The number of methoxy groups -OCH3 is 1. The van der Waals surface area contributed by atoms with Crippen LogP contribution in [0, 0.1) is 6.92 Å². The van der Waals surface area contributed by atoms with E-state index in [1.165, 1.54) is 11.1 Å². The van der Waals surface area contributed by atoms with E-state index in [1.54, 1.807) is 18.9 Å². The Hall–Kier alpha value is -2.53. The second-order valence-corrected chi connectivity index (χ2v) is 7.21. The van der Waals surface area contributed by atoms with Crippen LogP contribution in [-0.4, -0.2) is 23.6 Å². The highest BCUT2D eigenvalue weighted by Gasteiger charge is 2.25. The van der Waals surface area contributed by atoms with Crippen molar-refractivity contribution in [2.24, 2.45) is 0 Å². The van der Waals surface area contributed by atoms with E-state index in [4.69, 9.17) is 14.7 Å².